The molecule has 3 aliphatic rings. The van der Waals surface area contributed by atoms with Gasteiger partial charge in [0, 0.05) is 0 Å². The number of hydrogen-bond donors (Lipinski definition) is 0. The topological polar surface area (TPSA) is 0 Å². The lowest BCUT2D eigenvalue weighted by Gasteiger charge is -2.51. The molecule has 0 N–H and O–H groups in total. The number of rotatable bonds is 0. The van der Waals surface area contributed by atoms with Crippen molar-refractivity contribution in [2.45, 2.75) is 86.5 Å². The second-order valence-electron chi connectivity index (χ2n) is 9.63. The molecule has 3 aliphatic carbocycles. The highest BCUT2D eigenvalue weighted by Crippen LogP contribution is 2.82. The van der Waals surface area contributed by atoms with E-state index >= 15 is 0 Å². The zero-order valence-corrected chi connectivity index (χ0v) is 14.8. The van der Waals surface area contributed by atoms with Gasteiger partial charge in [0.05, 0.1) is 0 Å². The van der Waals surface area contributed by atoms with Crippen LogP contribution in [0.25, 0.3) is 0 Å². The molecule has 0 nitrogen and oxygen atoms in total. The highest BCUT2D eigenvalue weighted by atomic mass is 14.8. The van der Waals surface area contributed by atoms with Crippen LogP contribution in [0, 0.1) is 39.9 Å². The smallest absolute Gasteiger partial charge is 0.0156 e. The first-order valence-corrected chi connectivity index (χ1v) is 9.26. The van der Waals surface area contributed by atoms with Crippen LogP contribution < -0.4 is 0 Å². The van der Waals surface area contributed by atoms with Gasteiger partial charge in [0.15, 0.2) is 0 Å². The van der Waals surface area contributed by atoms with Crippen LogP contribution in [0.15, 0.2) is 0 Å². The lowest BCUT2D eigenvalue weighted by molar-refractivity contribution is -0.0222. The fourth-order valence-electron chi connectivity index (χ4n) is 7.08. The molecule has 0 aromatic carbocycles. The van der Waals surface area contributed by atoms with Crippen LogP contribution in [0.4, 0.5) is 0 Å². The predicted octanol–water partition coefficient (Wildman–Crippen LogP) is 6.30. The molecule has 7 atom stereocenters. The van der Waals surface area contributed by atoms with Crippen molar-refractivity contribution in [3.05, 3.63) is 0 Å². The van der Waals surface area contributed by atoms with Gasteiger partial charge in [-0.05, 0) is 65.6 Å². The Morgan fingerprint density at radius 3 is 2.20 bits per heavy atom. The number of hydrogen-bond acceptors (Lipinski definition) is 0. The first-order valence-electron chi connectivity index (χ1n) is 9.26. The van der Waals surface area contributed by atoms with Gasteiger partial charge in [-0.1, -0.05) is 60.8 Å². The molecule has 116 valence electrons. The lowest BCUT2D eigenvalue weighted by Crippen LogP contribution is -2.44. The molecule has 3 fully saturated rings. The van der Waals surface area contributed by atoms with Crippen molar-refractivity contribution in [2.75, 3.05) is 0 Å². The standard InChI is InChI=1S/C20H36/c1-14-8-9-15(2)16(3)17(4)20-13-19(20,6)11-7-10-18(20,5)12-14/h14-17H,7-13H2,1-6H3/t14?,15?,16?,17-,18-,19?,20?/m1/s1. The molecule has 0 saturated heterocycles. The molecule has 1 spiro atoms. The summed E-state index contributed by atoms with van der Waals surface area (Å²) in [6, 6.07) is 0. The Bertz CT molecular complexity index is 385. The molecular weight excluding hydrogens is 240 g/mol. The summed E-state index contributed by atoms with van der Waals surface area (Å²) in [7, 11) is 0. The fourth-order valence-corrected chi connectivity index (χ4v) is 7.08. The highest BCUT2D eigenvalue weighted by Gasteiger charge is 2.75. The maximum Gasteiger partial charge on any atom is -0.0156 e. The van der Waals surface area contributed by atoms with E-state index in [1.54, 1.807) is 0 Å². The molecule has 0 bridgehead atoms. The summed E-state index contributed by atoms with van der Waals surface area (Å²) >= 11 is 0. The van der Waals surface area contributed by atoms with Crippen LogP contribution in [-0.2, 0) is 0 Å². The van der Waals surface area contributed by atoms with Crippen molar-refractivity contribution in [1.82, 2.24) is 0 Å². The Kier molecular flexibility index (Phi) is 3.35. The summed E-state index contributed by atoms with van der Waals surface area (Å²) in [5.74, 6) is 3.66. The van der Waals surface area contributed by atoms with E-state index in [1.807, 2.05) is 0 Å². The van der Waals surface area contributed by atoms with Crippen molar-refractivity contribution >= 4 is 0 Å². The molecule has 0 heteroatoms. The van der Waals surface area contributed by atoms with Gasteiger partial charge in [-0.15, -0.1) is 0 Å². The third kappa shape index (κ3) is 1.78. The predicted molar refractivity (Wildman–Crippen MR) is 87.6 cm³/mol. The van der Waals surface area contributed by atoms with Gasteiger partial charge in [0.1, 0.15) is 0 Å². The monoisotopic (exact) mass is 276 g/mol. The Balaban J connectivity index is 2.02. The van der Waals surface area contributed by atoms with Gasteiger partial charge in [0.2, 0.25) is 0 Å². The van der Waals surface area contributed by atoms with Crippen molar-refractivity contribution in [3.8, 4) is 0 Å². The largest absolute Gasteiger partial charge is 0.0625 e. The first kappa shape index (κ1) is 14.9. The second kappa shape index (κ2) is 4.50. The first-order chi connectivity index (χ1) is 9.26. The lowest BCUT2D eigenvalue weighted by atomic mass is 9.54. The van der Waals surface area contributed by atoms with Crippen LogP contribution in [0.3, 0.4) is 0 Å². The minimum absolute atomic E-state index is 0.622. The van der Waals surface area contributed by atoms with Gasteiger partial charge < -0.3 is 0 Å². The van der Waals surface area contributed by atoms with E-state index in [0.717, 1.165) is 23.7 Å². The van der Waals surface area contributed by atoms with Crippen molar-refractivity contribution in [1.29, 1.82) is 0 Å². The Morgan fingerprint density at radius 1 is 0.850 bits per heavy atom. The van der Waals surface area contributed by atoms with Gasteiger partial charge in [-0.3, -0.25) is 0 Å². The molecule has 3 rings (SSSR count). The second-order valence-corrected chi connectivity index (χ2v) is 9.63. The van der Waals surface area contributed by atoms with E-state index in [9.17, 15) is 0 Å². The van der Waals surface area contributed by atoms with E-state index in [4.69, 9.17) is 0 Å². The third-order valence-electron chi connectivity index (χ3n) is 8.53. The van der Waals surface area contributed by atoms with Crippen LogP contribution in [-0.4, -0.2) is 0 Å². The molecule has 0 amide bonds. The van der Waals surface area contributed by atoms with Gasteiger partial charge in [0.25, 0.3) is 0 Å². The molecule has 20 heavy (non-hydrogen) atoms. The average Bonchev–Trinajstić information content (AvgIpc) is 3.02. The maximum absolute atomic E-state index is 2.67. The average molecular weight is 277 g/mol. The summed E-state index contributed by atoms with van der Waals surface area (Å²) in [6.45, 7) is 15.5. The minimum Gasteiger partial charge on any atom is -0.0625 e. The summed E-state index contributed by atoms with van der Waals surface area (Å²) in [5.41, 5.74) is 1.97. The normalized spacial score (nSPS) is 59.7. The van der Waals surface area contributed by atoms with E-state index in [2.05, 4.69) is 41.5 Å². The Labute approximate surface area is 127 Å². The van der Waals surface area contributed by atoms with E-state index in [1.165, 1.54) is 44.9 Å². The molecular formula is C20H36. The van der Waals surface area contributed by atoms with Crippen LogP contribution in [0.1, 0.15) is 86.5 Å². The molecule has 5 unspecified atom stereocenters. The zero-order valence-electron chi connectivity index (χ0n) is 14.8. The molecule has 0 aromatic rings. The Morgan fingerprint density at radius 2 is 1.50 bits per heavy atom. The molecule has 3 saturated carbocycles. The molecule has 0 aromatic heterocycles. The van der Waals surface area contributed by atoms with Crippen molar-refractivity contribution in [3.63, 3.8) is 0 Å². The van der Waals surface area contributed by atoms with Gasteiger partial charge in [-0.25, -0.2) is 0 Å². The van der Waals surface area contributed by atoms with Crippen LogP contribution in [0.2, 0.25) is 0 Å². The minimum atomic E-state index is 0.622. The molecule has 0 aliphatic heterocycles. The van der Waals surface area contributed by atoms with Gasteiger partial charge >= 0.3 is 0 Å². The van der Waals surface area contributed by atoms with Crippen LogP contribution >= 0.6 is 0 Å². The quantitative estimate of drug-likeness (QED) is 0.487. The maximum atomic E-state index is 2.67. The van der Waals surface area contributed by atoms with Crippen LogP contribution in [0.5, 0.6) is 0 Å². The molecule has 0 heterocycles. The van der Waals surface area contributed by atoms with E-state index in [0.29, 0.717) is 16.2 Å². The van der Waals surface area contributed by atoms with E-state index < -0.39 is 0 Å². The zero-order chi connectivity index (χ0) is 14.8. The van der Waals surface area contributed by atoms with Gasteiger partial charge in [-0.2, -0.15) is 0 Å². The highest BCUT2D eigenvalue weighted by molar-refractivity contribution is 5.23. The summed E-state index contributed by atoms with van der Waals surface area (Å²) in [4.78, 5) is 0. The molecule has 0 radical (unpaired) electrons. The summed E-state index contributed by atoms with van der Waals surface area (Å²) < 4.78 is 0. The summed E-state index contributed by atoms with van der Waals surface area (Å²) in [5, 5.41) is 0. The Hall–Kier alpha value is 0. The summed E-state index contributed by atoms with van der Waals surface area (Å²) in [6.07, 6.45) is 10.4. The SMILES string of the molecule is CC1CCC(C)C(C)[C@@H](C)C23CC2(C)CCC[C@]3(C)C1. The van der Waals surface area contributed by atoms with Crippen molar-refractivity contribution in [2.24, 2.45) is 39.9 Å². The third-order valence-corrected chi connectivity index (χ3v) is 8.53. The van der Waals surface area contributed by atoms with Crippen molar-refractivity contribution < 1.29 is 0 Å². The van der Waals surface area contributed by atoms with E-state index in [-0.39, 0.29) is 0 Å². The fraction of sp³-hybridized carbons (Fsp3) is 1.00.